The van der Waals surface area contributed by atoms with E-state index in [1.807, 2.05) is 0 Å². The second-order valence-corrected chi connectivity index (χ2v) is 4.97. The van der Waals surface area contributed by atoms with E-state index < -0.39 is 36.4 Å². The SMILES string of the molecule is N[C@@H](Cc1ccc(O)c(O)c1)C(=O)N[C@@H](CCC(=O)O)C(=O)O. The quantitative estimate of drug-likeness (QED) is 0.344. The van der Waals surface area contributed by atoms with E-state index in [2.05, 4.69) is 5.32 Å². The molecule has 0 saturated carbocycles. The van der Waals surface area contributed by atoms with E-state index in [9.17, 15) is 24.6 Å². The third kappa shape index (κ3) is 5.83. The number of phenolic OH excluding ortho intramolecular Hbond substituents is 2. The van der Waals surface area contributed by atoms with Crippen LogP contribution < -0.4 is 11.1 Å². The van der Waals surface area contributed by atoms with E-state index in [0.717, 1.165) is 0 Å². The van der Waals surface area contributed by atoms with Gasteiger partial charge in [0.15, 0.2) is 11.5 Å². The van der Waals surface area contributed by atoms with Gasteiger partial charge in [-0.05, 0) is 30.5 Å². The van der Waals surface area contributed by atoms with Crippen LogP contribution in [0.5, 0.6) is 11.5 Å². The molecule has 0 spiro atoms. The minimum absolute atomic E-state index is 0.00490. The van der Waals surface area contributed by atoms with E-state index in [1.165, 1.54) is 18.2 Å². The van der Waals surface area contributed by atoms with Crippen molar-refractivity contribution in [1.29, 1.82) is 0 Å². The number of aliphatic carboxylic acids is 2. The Morgan fingerprint density at radius 3 is 2.30 bits per heavy atom. The van der Waals surface area contributed by atoms with E-state index in [1.54, 1.807) is 0 Å². The molecule has 0 aromatic heterocycles. The number of aromatic hydroxyl groups is 2. The number of carboxylic acids is 2. The molecule has 2 atom stereocenters. The first-order valence-electron chi connectivity index (χ1n) is 6.72. The fourth-order valence-corrected chi connectivity index (χ4v) is 1.85. The number of amides is 1. The number of nitrogens with two attached hydrogens (primary N) is 1. The molecular weight excluding hydrogens is 308 g/mol. The van der Waals surface area contributed by atoms with Crippen molar-refractivity contribution in [3.05, 3.63) is 23.8 Å². The van der Waals surface area contributed by atoms with E-state index in [4.69, 9.17) is 15.9 Å². The zero-order valence-electron chi connectivity index (χ0n) is 12.1. The molecule has 0 aliphatic rings. The van der Waals surface area contributed by atoms with Gasteiger partial charge in [-0.15, -0.1) is 0 Å². The Balaban J connectivity index is 2.65. The van der Waals surface area contributed by atoms with Crippen molar-refractivity contribution in [2.45, 2.75) is 31.3 Å². The minimum atomic E-state index is -1.35. The van der Waals surface area contributed by atoms with E-state index >= 15 is 0 Å². The summed E-state index contributed by atoms with van der Waals surface area (Å²) in [5, 5.41) is 38.3. The molecule has 23 heavy (non-hydrogen) atoms. The maximum Gasteiger partial charge on any atom is 0.326 e. The van der Waals surface area contributed by atoms with Crippen LogP contribution in [0.2, 0.25) is 0 Å². The van der Waals surface area contributed by atoms with Gasteiger partial charge in [-0.2, -0.15) is 0 Å². The van der Waals surface area contributed by atoms with Gasteiger partial charge in [-0.3, -0.25) is 9.59 Å². The summed E-state index contributed by atoms with van der Waals surface area (Å²) >= 11 is 0. The molecule has 0 aliphatic carbocycles. The third-order valence-corrected chi connectivity index (χ3v) is 3.09. The standard InChI is InChI=1S/C14H18N2O7/c15-8(5-7-1-3-10(17)11(18)6-7)13(21)16-9(14(22)23)2-4-12(19)20/h1,3,6,8-9,17-18H,2,4-5,15H2,(H,16,21)(H,19,20)(H,22,23)/t8-,9-/m0/s1. The van der Waals surface area contributed by atoms with Crippen LogP contribution in [0, 0.1) is 0 Å². The minimum Gasteiger partial charge on any atom is -0.504 e. The highest BCUT2D eigenvalue weighted by Crippen LogP contribution is 2.25. The molecule has 0 aliphatic heterocycles. The van der Waals surface area contributed by atoms with Gasteiger partial charge < -0.3 is 31.5 Å². The van der Waals surface area contributed by atoms with Gasteiger partial charge in [0.05, 0.1) is 6.04 Å². The van der Waals surface area contributed by atoms with Crippen molar-refractivity contribution in [2.24, 2.45) is 5.73 Å². The van der Waals surface area contributed by atoms with Crippen molar-refractivity contribution in [1.82, 2.24) is 5.32 Å². The van der Waals surface area contributed by atoms with Crippen molar-refractivity contribution < 1.29 is 34.8 Å². The number of phenols is 2. The van der Waals surface area contributed by atoms with E-state index in [0.29, 0.717) is 5.56 Å². The van der Waals surface area contributed by atoms with Crippen LogP contribution in [-0.2, 0) is 20.8 Å². The smallest absolute Gasteiger partial charge is 0.326 e. The highest BCUT2D eigenvalue weighted by atomic mass is 16.4. The number of rotatable bonds is 8. The summed E-state index contributed by atoms with van der Waals surface area (Å²) in [6, 6.07) is 1.49. The van der Waals surface area contributed by atoms with E-state index in [-0.39, 0.29) is 24.3 Å². The van der Waals surface area contributed by atoms with Crippen LogP contribution in [-0.4, -0.2) is 50.4 Å². The Bertz CT molecular complexity index is 603. The molecule has 1 aromatic rings. The number of carbonyl (C=O) groups excluding carboxylic acids is 1. The Labute approximate surface area is 131 Å². The second kappa shape index (κ2) is 7.99. The van der Waals surface area contributed by atoms with Crippen LogP contribution >= 0.6 is 0 Å². The van der Waals surface area contributed by atoms with Crippen molar-refractivity contribution >= 4 is 17.8 Å². The molecule has 0 bridgehead atoms. The highest BCUT2D eigenvalue weighted by Gasteiger charge is 2.24. The molecule has 1 amide bonds. The molecule has 0 radical (unpaired) electrons. The highest BCUT2D eigenvalue weighted by molar-refractivity contribution is 5.87. The molecule has 9 nitrogen and oxygen atoms in total. The molecule has 0 fully saturated rings. The molecular formula is C14H18N2O7. The van der Waals surface area contributed by atoms with Crippen molar-refractivity contribution in [3.63, 3.8) is 0 Å². The van der Waals surface area contributed by atoms with Crippen molar-refractivity contribution in [3.8, 4) is 11.5 Å². The second-order valence-electron chi connectivity index (χ2n) is 4.97. The maximum absolute atomic E-state index is 11.9. The zero-order chi connectivity index (χ0) is 17.6. The monoisotopic (exact) mass is 326 g/mol. The lowest BCUT2D eigenvalue weighted by atomic mass is 10.0. The lowest BCUT2D eigenvalue weighted by Gasteiger charge is -2.17. The number of carbonyl (C=O) groups is 3. The van der Waals surface area contributed by atoms with Gasteiger partial charge in [0.25, 0.3) is 0 Å². The predicted molar refractivity (Wildman–Crippen MR) is 77.9 cm³/mol. The molecule has 9 heteroatoms. The predicted octanol–water partition coefficient (Wildman–Crippen LogP) is -0.598. The average Bonchev–Trinajstić information content (AvgIpc) is 2.46. The molecule has 0 heterocycles. The number of carboxylic acid groups (broad SMARTS) is 2. The van der Waals surface area contributed by atoms with Crippen LogP contribution in [0.1, 0.15) is 18.4 Å². The van der Waals surface area contributed by atoms with Gasteiger partial charge in [0, 0.05) is 6.42 Å². The number of hydrogen-bond acceptors (Lipinski definition) is 6. The van der Waals surface area contributed by atoms with Gasteiger partial charge in [0.1, 0.15) is 6.04 Å². The zero-order valence-corrected chi connectivity index (χ0v) is 12.1. The fraction of sp³-hybridized carbons (Fsp3) is 0.357. The first kappa shape index (κ1) is 18.2. The largest absolute Gasteiger partial charge is 0.504 e. The van der Waals surface area contributed by atoms with Gasteiger partial charge in [-0.1, -0.05) is 6.07 Å². The first-order valence-corrected chi connectivity index (χ1v) is 6.72. The topological polar surface area (TPSA) is 170 Å². The average molecular weight is 326 g/mol. The lowest BCUT2D eigenvalue weighted by Crippen LogP contribution is -2.49. The Morgan fingerprint density at radius 2 is 1.78 bits per heavy atom. The summed E-state index contributed by atoms with van der Waals surface area (Å²) in [5.41, 5.74) is 6.15. The summed E-state index contributed by atoms with van der Waals surface area (Å²) in [7, 11) is 0. The van der Waals surface area contributed by atoms with Gasteiger partial charge in [0.2, 0.25) is 5.91 Å². The number of hydrogen-bond donors (Lipinski definition) is 6. The van der Waals surface area contributed by atoms with Crippen molar-refractivity contribution in [2.75, 3.05) is 0 Å². The summed E-state index contributed by atoms with van der Waals surface area (Å²) in [6.07, 6.45) is -0.660. The summed E-state index contributed by atoms with van der Waals surface area (Å²) in [6.45, 7) is 0. The Morgan fingerprint density at radius 1 is 1.13 bits per heavy atom. The molecule has 7 N–H and O–H groups in total. The first-order chi connectivity index (χ1) is 10.7. The number of nitrogens with one attached hydrogen (secondary N) is 1. The van der Waals surface area contributed by atoms with Crippen LogP contribution in [0.25, 0.3) is 0 Å². The van der Waals surface area contributed by atoms with Crippen LogP contribution in [0.4, 0.5) is 0 Å². The Kier molecular flexibility index (Phi) is 6.34. The van der Waals surface area contributed by atoms with Crippen LogP contribution in [0.3, 0.4) is 0 Å². The normalized spacial score (nSPS) is 13.1. The summed E-state index contributed by atoms with van der Waals surface area (Å²) < 4.78 is 0. The molecule has 126 valence electrons. The lowest BCUT2D eigenvalue weighted by molar-refractivity contribution is -0.143. The fourth-order valence-electron chi connectivity index (χ4n) is 1.85. The summed E-state index contributed by atoms with van der Waals surface area (Å²) in [5.74, 6) is -3.95. The summed E-state index contributed by atoms with van der Waals surface area (Å²) in [4.78, 5) is 33.4. The maximum atomic E-state index is 11.9. The molecule has 0 saturated heterocycles. The third-order valence-electron chi connectivity index (χ3n) is 3.09. The number of benzene rings is 1. The van der Waals surface area contributed by atoms with Crippen LogP contribution in [0.15, 0.2) is 18.2 Å². The van der Waals surface area contributed by atoms with Gasteiger partial charge >= 0.3 is 11.9 Å². The molecule has 0 unspecified atom stereocenters. The molecule has 1 aromatic carbocycles. The Hall–Kier alpha value is -2.81. The van der Waals surface area contributed by atoms with Gasteiger partial charge in [-0.25, -0.2) is 4.79 Å². The molecule has 1 rings (SSSR count).